The molecule has 2 saturated carbocycles. The lowest BCUT2D eigenvalue weighted by atomic mass is 9.57. The minimum absolute atomic E-state index is 0.651. The van der Waals surface area contributed by atoms with Gasteiger partial charge >= 0.3 is 0 Å². The van der Waals surface area contributed by atoms with E-state index in [0.29, 0.717) is 5.41 Å². The fraction of sp³-hybridized carbons (Fsp3) is 0.636. The summed E-state index contributed by atoms with van der Waals surface area (Å²) in [6.45, 7) is 10.6. The number of benzene rings is 1. The largest absolute Gasteiger partial charge is 0.0799 e. The predicted octanol–water partition coefficient (Wildman–Crippen LogP) is 7.07. The van der Waals surface area contributed by atoms with Crippen molar-refractivity contribution in [3.63, 3.8) is 0 Å². The van der Waals surface area contributed by atoms with Crippen LogP contribution in [0.3, 0.4) is 0 Å². The summed E-state index contributed by atoms with van der Waals surface area (Å²) in [7, 11) is 0. The average Bonchev–Trinajstić information content (AvgIpc) is 3.00. The molecule has 3 aliphatic rings. The van der Waals surface area contributed by atoms with Crippen LogP contribution in [0.2, 0.25) is 0 Å². The van der Waals surface area contributed by atoms with Crippen LogP contribution < -0.4 is 0 Å². The third kappa shape index (κ3) is 2.90. The van der Waals surface area contributed by atoms with Crippen LogP contribution in [0.25, 0.3) is 6.08 Å². The molecule has 0 aliphatic heterocycles. The van der Waals surface area contributed by atoms with Crippen molar-refractivity contribution in [2.24, 2.45) is 17.3 Å². The fourth-order valence-corrected chi connectivity index (χ4v) is 5.03. The number of fused-ring (bicyclic) bond motifs is 5. The Hall–Kier alpha value is -1.04. The first-order chi connectivity index (χ1) is 10.8. The zero-order valence-electron chi connectivity index (χ0n) is 15.2. The molecule has 0 spiro atoms. The Kier molecular flexibility index (Phi) is 5.89. The number of rotatable bonds is 0. The smallest absolute Gasteiger partial charge is 0.00899 e. The van der Waals surface area contributed by atoms with Crippen molar-refractivity contribution in [3.05, 3.63) is 41.5 Å². The molecule has 122 valence electrons. The summed E-state index contributed by atoms with van der Waals surface area (Å²) in [5.74, 6) is 2.57. The van der Waals surface area contributed by atoms with Crippen molar-refractivity contribution in [2.45, 2.75) is 72.6 Å². The van der Waals surface area contributed by atoms with E-state index in [1.165, 1.54) is 37.7 Å². The van der Waals surface area contributed by atoms with Crippen LogP contribution in [0.4, 0.5) is 0 Å². The molecular weight excluding hydrogens is 264 g/mol. The summed E-state index contributed by atoms with van der Waals surface area (Å²) in [4.78, 5) is 0. The summed E-state index contributed by atoms with van der Waals surface area (Å²) >= 11 is 0. The van der Waals surface area contributed by atoms with Crippen molar-refractivity contribution >= 4 is 6.08 Å². The summed E-state index contributed by atoms with van der Waals surface area (Å²) < 4.78 is 0. The van der Waals surface area contributed by atoms with Gasteiger partial charge in [0.1, 0.15) is 0 Å². The highest BCUT2D eigenvalue weighted by Crippen LogP contribution is 2.59. The quantitative estimate of drug-likeness (QED) is 0.480. The number of hydrogen-bond donors (Lipinski definition) is 0. The van der Waals surface area contributed by atoms with Gasteiger partial charge in [0.2, 0.25) is 0 Å². The molecule has 0 N–H and O–H groups in total. The Morgan fingerprint density at radius 3 is 2.45 bits per heavy atom. The zero-order chi connectivity index (χ0) is 16.2. The lowest BCUT2D eigenvalue weighted by Crippen LogP contribution is -2.37. The number of hydrogen-bond acceptors (Lipinski definition) is 0. The minimum Gasteiger partial charge on any atom is -0.0799 e. The second-order valence-corrected chi connectivity index (χ2v) is 6.86. The van der Waals surface area contributed by atoms with E-state index in [1.807, 2.05) is 27.7 Å². The third-order valence-electron chi connectivity index (χ3n) is 6.01. The van der Waals surface area contributed by atoms with Gasteiger partial charge in [0.05, 0.1) is 0 Å². The first-order valence-electron chi connectivity index (χ1n) is 9.55. The highest BCUT2D eigenvalue weighted by molar-refractivity contribution is 5.58. The normalized spacial score (nSPS) is 34.1. The van der Waals surface area contributed by atoms with E-state index in [0.717, 1.165) is 17.8 Å². The van der Waals surface area contributed by atoms with E-state index in [2.05, 4.69) is 43.3 Å². The maximum absolute atomic E-state index is 2.55. The van der Waals surface area contributed by atoms with Crippen LogP contribution in [-0.4, -0.2) is 0 Å². The van der Waals surface area contributed by atoms with Crippen molar-refractivity contribution in [1.29, 1.82) is 0 Å². The van der Waals surface area contributed by atoms with E-state index in [1.54, 1.807) is 5.56 Å². The average molecular weight is 299 g/mol. The molecule has 22 heavy (non-hydrogen) atoms. The van der Waals surface area contributed by atoms with Crippen molar-refractivity contribution in [1.82, 2.24) is 0 Å². The van der Waals surface area contributed by atoms with Gasteiger partial charge in [-0.3, -0.25) is 0 Å². The third-order valence-corrected chi connectivity index (χ3v) is 6.01. The van der Waals surface area contributed by atoms with E-state index >= 15 is 0 Å². The monoisotopic (exact) mass is 298 g/mol. The Morgan fingerprint density at radius 2 is 1.68 bits per heavy atom. The summed E-state index contributed by atoms with van der Waals surface area (Å²) in [6, 6.07) is 9.04. The van der Waals surface area contributed by atoms with E-state index in [-0.39, 0.29) is 0 Å². The maximum Gasteiger partial charge on any atom is -0.00899 e. The Bertz CT molecular complexity index is 499. The van der Waals surface area contributed by atoms with Crippen molar-refractivity contribution in [3.8, 4) is 0 Å². The van der Waals surface area contributed by atoms with Crippen LogP contribution in [0.1, 0.15) is 83.8 Å². The molecule has 3 aliphatic carbocycles. The molecule has 0 amide bonds. The van der Waals surface area contributed by atoms with Gasteiger partial charge in [-0.1, -0.05) is 77.5 Å². The van der Waals surface area contributed by atoms with Crippen LogP contribution in [0.5, 0.6) is 0 Å². The van der Waals surface area contributed by atoms with Gasteiger partial charge in [-0.05, 0) is 60.0 Å². The van der Waals surface area contributed by atoms with Crippen molar-refractivity contribution < 1.29 is 0 Å². The Balaban J connectivity index is 0.000000410. The molecular formula is C22H34. The van der Waals surface area contributed by atoms with Gasteiger partial charge < -0.3 is 0 Å². The molecule has 0 nitrogen and oxygen atoms in total. The topological polar surface area (TPSA) is 0 Å². The molecule has 0 radical (unpaired) electrons. The van der Waals surface area contributed by atoms with Gasteiger partial charge in [0.25, 0.3) is 0 Å². The van der Waals surface area contributed by atoms with E-state index in [4.69, 9.17) is 0 Å². The van der Waals surface area contributed by atoms with E-state index in [9.17, 15) is 0 Å². The summed E-state index contributed by atoms with van der Waals surface area (Å²) in [5.41, 5.74) is 3.75. The highest BCUT2D eigenvalue weighted by atomic mass is 14.5. The van der Waals surface area contributed by atoms with E-state index < -0.39 is 0 Å². The number of allylic oxidation sites excluding steroid dienone is 1. The molecule has 1 aromatic rings. The lowest BCUT2D eigenvalue weighted by molar-refractivity contribution is 0.0946. The molecule has 0 saturated heterocycles. The molecule has 4 rings (SSSR count). The highest BCUT2D eigenvalue weighted by Gasteiger charge is 2.49. The second kappa shape index (κ2) is 7.49. The molecule has 1 aromatic carbocycles. The van der Waals surface area contributed by atoms with Gasteiger partial charge in [0.15, 0.2) is 0 Å². The van der Waals surface area contributed by atoms with Crippen molar-refractivity contribution in [2.75, 3.05) is 0 Å². The second-order valence-electron chi connectivity index (χ2n) is 6.86. The lowest BCUT2D eigenvalue weighted by Gasteiger charge is -2.47. The van der Waals surface area contributed by atoms with Gasteiger partial charge in [-0.2, -0.15) is 0 Å². The van der Waals surface area contributed by atoms with Gasteiger partial charge in [0, 0.05) is 0 Å². The fourth-order valence-electron chi connectivity index (χ4n) is 5.03. The zero-order valence-corrected chi connectivity index (χ0v) is 15.2. The molecule has 0 heterocycles. The molecule has 0 aromatic heterocycles. The van der Waals surface area contributed by atoms with Gasteiger partial charge in [-0.25, -0.2) is 0 Å². The maximum atomic E-state index is 2.55. The SMILES string of the molecule is CC.CC.C[C@]12CCC[C@@H]1[C@H]1C=Cc3ccccc3[C@@H]1CC2. The van der Waals surface area contributed by atoms with Gasteiger partial charge in [-0.15, -0.1) is 0 Å². The Morgan fingerprint density at radius 1 is 0.955 bits per heavy atom. The molecule has 4 atom stereocenters. The van der Waals surface area contributed by atoms with Crippen LogP contribution in [-0.2, 0) is 0 Å². The first-order valence-corrected chi connectivity index (χ1v) is 9.55. The standard InChI is InChI=1S/C18H22.2C2H6/c1-18-11-4-7-17(18)16-9-8-13-5-2-3-6-14(13)15(16)10-12-18;2*1-2/h2-3,5-6,8-9,15-17H,4,7,10-12H2,1H3;2*1-2H3/t15-,16-,17+,18+;;/m0../s1. The Labute approximate surface area is 138 Å². The summed E-state index contributed by atoms with van der Waals surface area (Å²) in [5, 5.41) is 0. The van der Waals surface area contributed by atoms with Crippen LogP contribution in [0.15, 0.2) is 30.3 Å². The summed E-state index contributed by atoms with van der Waals surface area (Å²) in [6.07, 6.45) is 12.2. The molecule has 0 heteroatoms. The van der Waals surface area contributed by atoms with Crippen LogP contribution >= 0.6 is 0 Å². The predicted molar refractivity (Wildman–Crippen MR) is 99.1 cm³/mol. The molecule has 0 bridgehead atoms. The van der Waals surface area contributed by atoms with Crippen LogP contribution in [0, 0.1) is 17.3 Å². The first kappa shape index (κ1) is 17.3. The minimum atomic E-state index is 0.651. The molecule has 0 unspecified atom stereocenters. The molecule has 2 fully saturated rings.